The van der Waals surface area contributed by atoms with Crippen LogP contribution < -0.4 is 5.32 Å². The molecule has 0 bridgehead atoms. The Hall–Kier alpha value is -1.88. The Balaban J connectivity index is 1.86. The van der Waals surface area contributed by atoms with Gasteiger partial charge in [-0.05, 0) is 43.2 Å². The van der Waals surface area contributed by atoms with Gasteiger partial charge in [-0.25, -0.2) is 0 Å². The van der Waals surface area contributed by atoms with Gasteiger partial charge in [0.25, 0.3) is 5.69 Å². The Bertz CT molecular complexity index is 621. The highest BCUT2D eigenvalue weighted by Crippen LogP contribution is 2.44. The third-order valence-electron chi connectivity index (χ3n) is 3.67. The minimum absolute atomic E-state index is 0.177. The molecule has 4 nitrogen and oxygen atoms in total. The maximum Gasteiger partial charge on any atom is 0.274 e. The van der Waals surface area contributed by atoms with Crippen molar-refractivity contribution in [2.45, 2.75) is 25.8 Å². The fraction of sp³-hybridized carbons (Fsp3) is 0.333. The van der Waals surface area contributed by atoms with Gasteiger partial charge in [0.2, 0.25) is 0 Å². The normalized spacial score (nSPS) is 15.8. The zero-order valence-electron chi connectivity index (χ0n) is 11.2. The SMILES string of the molecule is Cc1ccc(NC(c2cccs2)C2CC2)cc1[N+](=O)[O-]. The lowest BCUT2D eigenvalue weighted by Crippen LogP contribution is -2.11. The van der Waals surface area contributed by atoms with Crippen LogP contribution in [-0.2, 0) is 0 Å². The lowest BCUT2D eigenvalue weighted by Gasteiger charge is -2.18. The van der Waals surface area contributed by atoms with Gasteiger partial charge in [0, 0.05) is 22.2 Å². The Kier molecular flexibility index (Phi) is 3.44. The van der Waals surface area contributed by atoms with E-state index < -0.39 is 0 Å². The topological polar surface area (TPSA) is 55.2 Å². The minimum atomic E-state index is -0.322. The van der Waals surface area contributed by atoms with E-state index in [0.717, 1.165) is 5.69 Å². The monoisotopic (exact) mass is 288 g/mol. The summed E-state index contributed by atoms with van der Waals surface area (Å²) in [6.45, 7) is 1.76. The van der Waals surface area contributed by atoms with Crippen LogP contribution in [0.4, 0.5) is 11.4 Å². The highest BCUT2D eigenvalue weighted by molar-refractivity contribution is 7.10. The first kappa shape index (κ1) is 13.1. The van der Waals surface area contributed by atoms with E-state index in [4.69, 9.17) is 0 Å². The molecule has 1 heterocycles. The number of hydrogen-bond acceptors (Lipinski definition) is 4. The van der Waals surface area contributed by atoms with Gasteiger partial charge in [0.1, 0.15) is 0 Å². The van der Waals surface area contributed by atoms with Crippen molar-refractivity contribution in [1.29, 1.82) is 0 Å². The predicted molar refractivity (Wildman–Crippen MR) is 81.2 cm³/mol. The molecule has 1 aliphatic carbocycles. The molecule has 20 heavy (non-hydrogen) atoms. The van der Waals surface area contributed by atoms with Crippen molar-refractivity contribution in [3.63, 3.8) is 0 Å². The molecule has 1 N–H and O–H groups in total. The Morgan fingerprint density at radius 1 is 1.40 bits per heavy atom. The lowest BCUT2D eigenvalue weighted by molar-refractivity contribution is -0.385. The number of thiophene rings is 1. The first-order valence-corrected chi connectivity index (χ1v) is 7.58. The summed E-state index contributed by atoms with van der Waals surface area (Å²) in [7, 11) is 0. The van der Waals surface area contributed by atoms with Crippen LogP contribution in [0.2, 0.25) is 0 Å². The first-order valence-electron chi connectivity index (χ1n) is 6.70. The molecule has 0 spiro atoms. The smallest absolute Gasteiger partial charge is 0.274 e. The molecule has 2 aromatic rings. The molecule has 5 heteroatoms. The molecular formula is C15H16N2O2S. The predicted octanol–water partition coefficient (Wildman–Crippen LogP) is 4.53. The Morgan fingerprint density at radius 2 is 2.20 bits per heavy atom. The second-order valence-corrected chi connectivity index (χ2v) is 6.21. The van der Waals surface area contributed by atoms with Gasteiger partial charge in [-0.1, -0.05) is 12.1 Å². The molecule has 3 rings (SSSR count). The Labute approximate surface area is 121 Å². The van der Waals surface area contributed by atoms with E-state index >= 15 is 0 Å². The van der Waals surface area contributed by atoms with Crippen LogP contribution in [0.3, 0.4) is 0 Å². The molecule has 104 valence electrons. The maximum atomic E-state index is 11.0. The van der Waals surface area contributed by atoms with E-state index in [0.29, 0.717) is 11.5 Å². The summed E-state index contributed by atoms with van der Waals surface area (Å²) >= 11 is 1.74. The van der Waals surface area contributed by atoms with Gasteiger partial charge in [0.15, 0.2) is 0 Å². The molecule has 1 unspecified atom stereocenters. The molecular weight excluding hydrogens is 272 g/mol. The molecule has 1 fully saturated rings. The summed E-state index contributed by atoms with van der Waals surface area (Å²) in [6.07, 6.45) is 2.45. The van der Waals surface area contributed by atoms with Gasteiger partial charge in [0.05, 0.1) is 11.0 Å². The van der Waals surface area contributed by atoms with Gasteiger partial charge in [-0.3, -0.25) is 10.1 Å². The minimum Gasteiger partial charge on any atom is -0.377 e. The summed E-state index contributed by atoms with van der Waals surface area (Å²) in [6, 6.07) is 9.82. The standard InChI is InChI=1S/C15H16N2O2S/c1-10-4-7-12(9-13(10)17(18)19)16-15(11-5-6-11)14-3-2-8-20-14/h2-4,7-9,11,15-16H,5-6H2,1H3. The van der Waals surface area contributed by atoms with Crippen LogP contribution in [0.1, 0.15) is 29.3 Å². The lowest BCUT2D eigenvalue weighted by atomic mass is 10.1. The van der Waals surface area contributed by atoms with Gasteiger partial charge in [-0.2, -0.15) is 0 Å². The molecule has 1 aromatic heterocycles. The van der Waals surface area contributed by atoms with Crippen molar-refractivity contribution in [3.8, 4) is 0 Å². The van der Waals surface area contributed by atoms with E-state index in [1.54, 1.807) is 30.4 Å². The number of rotatable bonds is 5. The van der Waals surface area contributed by atoms with Crippen LogP contribution in [-0.4, -0.2) is 4.92 Å². The quantitative estimate of drug-likeness (QED) is 0.649. The van der Waals surface area contributed by atoms with Crippen LogP contribution in [0.5, 0.6) is 0 Å². The number of nitrogens with zero attached hydrogens (tertiary/aromatic N) is 1. The van der Waals surface area contributed by atoms with Crippen molar-refractivity contribution in [2.75, 3.05) is 5.32 Å². The number of benzene rings is 1. The second kappa shape index (κ2) is 5.25. The average Bonchev–Trinajstić information content (AvgIpc) is 3.12. The van der Waals surface area contributed by atoms with Crippen molar-refractivity contribution in [3.05, 3.63) is 56.3 Å². The van der Waals surface area contributed by atoms with Gasteiger partial charge < -0.3 is 5.32 Å². The third kappa shape index (κ3) is 2.67. The molecule has 1 aromatic carbocycles. The molecule has 0 amide bonds. The third-order valence-corrected chi connectivity index (χ3v) is 4.63. The van der Waals surface area contributed by atoms with Crippen molar-refractivity contribution in [1.82, 2.24) is 0 Å². The van der Waals surface area contributed by atoms with Crippen molar-refractivity contribution < 1.29 is 4.92 Å². The van der Waals surface area contributed by atoms with Crippen LogP contribution in [0.15, 0.2) is 35.7 Å². The number of aryl methyl sites for hydroxylation is 1. The highest BCUT2D eigenvalue weighted by Gasteiger charge is 2.33. The number of hydrogen-bond donors (Lipinski definition) is 1. The van der Waals surface area contributed by atoms with Gasteiger partial charge >= 0.3 is 0 Å². The molecule has 0 aliphatic heterocycles. The highest BCUT2D eigenvalue weighted by atomic mass is 32.1. The van der Waals surface area contributed by atoms with Crippen LogP contribution in [0.25, 0.3) is 0 Å². The van der Waals surface area contributed by atoms with E-state index in [1.165, 1.54) is 17.7 Å². The van der Waals surface area contributed by atoms with Gasteiger partial charge in [-0.15, -0.1) is 11.3 Å². The van der Waals surface area contributed by atoms with Crippen LogP contribution in [0, 0.1) is 23.0 Å². The Morgan fingerprint density at radius 3 is 2.80 bits per heavy atom. The summed E-state index contributed by atoms with van der Waals surface area (Å²) < 4.78 is 0. The molecule has 1 atom stereocenters. The van der Waals surface area contributed by atoms with Crippen molar-refractivity contribution >= 4 is 22.7 Å². The van der Waals surface area contributed by atoms with E-state index in [1.807, 2.05) is 6.07 Å². The molecule has 1 aliphatic rings. The van der Waals surface area contributed by atoms with E-state index in [9.17, 15) is 10.1 Å². The molecule has 0 radical (unpaired) electrons. The fourth-order valence-corrected chi connectivity index (χ4v) is 3.26. The number of nitro benzene ring substituents is 1. The summed E-state index contributed by atoms with van der Waals surface area (Å²) in [5.74, 6) is 0.647. The zero-order chi connectivity index (χ0) is 14.1. The molecule has 1 saturated carbocycles. The fourth-order valence-electron chi connectivity index (χ4n) is 2.39. The van der Waals surface area contributed by atoms with Crippen LogP contribution >= 0.6 is 11.3 Å². The van der Waals surface area contributed by atoms with Crippen molar-refractivity contribution in [2.24, 2.45) is 5.92 Å². The summed E-state index contributed by atoms with van der Waals surface area (Å²) in [5, 5.41) is 16.6. The summed E-state index contributed by atoms with van der Waals surface area (Å²) in [4.78, 5) is 12.0. The van der Waals surface area contributed by atoms with E-state index in [2.05, 4.69) is 22.8 Å². The second-order valence-electron chi connectivity index (χ2n) is 5.23. The zero-order valence-corrected chi connectivity index (χ0v) is 12.0. The number of nitro groups is 1. The van der Waals surface area contributed by atoms with E-state index in [-0.39, 0.29) is 16.7 Å². The molecule has 0 saturated heterocycles. The number of anilines is 1. The first-order chi connectivity index (χ1) is 9.65. The number of nitrogens with one attached hydrogen (secondary N) is 1. The largest absolute Gasteiger partial charge is 0.377 e. The maximum absolute atomic E-state index is 11.0. The average molecular weight is 288 g/mol. The summed E-state index contributed by atoms with van der Waals surface area (Å²) in [5.41, 5.74) is 1.70.